The summed E-state index contributed by atoms with van der Waals surface area (Å²) in [7, 11) is 1.92. The topological polar surface area (TPSA) is 51.5 Å². The second-order valence-corrected chi connectivity index (χ2v) is 6.51. The third-order valence-corrected chi connectivity index (χ3v) is 4.23. The van der Waals surface area contributed by atoms with Gasteiger partial charge in [-0.3, -0.25) is 0 Å². The van der Waals surface area contributed by atoms with Gasteiger partial charge in [-0.05, 0) is 39.8 Å². The molecule has 1 N–H and O–H groups in total. The average molecular weight is 406 g/mol. The van der Waals surface area contributed by atoms with E-state index in [0.29, 0.717) is 12.8 Å². The van der Waals surface area contributed by atoms with Crippen molar-refractivity contribution >= 4 is 5.65 Å². The number of nitrogens with one attached hydrogen (secondary N) is 1. The van der Waals surface area contributed by atoms with E-state index in [-0.39, 0.29) is 11.5 Å². The predicted octanol–water partition coefficient (Wildman–Crippen LogP) is 4.55. The van der Waals surface area contributed by atoms with Crippen LogP contribution in [-0.4, -0.2) is 47.6 Å². The number of nitrogens with zero attached hydrogens (tertiary/aromatic N) is 3. The van der Waals surface area contributed by atoms with Gasteiger partial charge in [-0.25, -0.2) is 13.9 Å². The van der Waals surface area contributed by atoms with E-state index in [9.17, 15) is 17.6 Å². The Morgan fingerprint density at radius 3 is 2.46 bits per heavy atom. The summed E-state index contributed by atoms with van der Waals surface area (Å²) in [4.78, 5) is 3.96. The Kier molecular flexibility index (Phi) is 11.0. The van der Waals surface area contributed by atoms with Crippen molar-refractivity contribution in [2.24, 2.45) is 5.92 Å². The van der Waals surface area contributed by atoms with E-state index in [2.05, 4.69) is 15.4 Å². The highest BCUT2D eigenvalue weighted by atomic mass is 19.4. The van der Waals surface area contributed by atoms with E-state index >= 15 is 0 Å². The lowest BCUT2D eigenvalue weighted by Gasteiger charge is -2.23. The third-order valence-electron chi connectivity index (χ3n) is 4.23. The quantitative estimate of drug-likeness (QED) is 0.598. The SMILES string of the molecule is CCOCCNC.Cc1ccn2ncc(F)c2n1.FC(F)(F)C1CCCCC1. The number of fused-ring (bicyclic) bond motifs is 1. The van der Waals surface area contributed by atoms with Crippen LogP contribution in [0.25, 0.3) is 5.65 Å². The first kappa shape index (κ1) is 24.3. The first-order valence-electron chi connectivity index (χ1n) is 9.55. The fourth-order valence-electron chi connectivity index (χ4n) is 2.68. The van der Waals surface area contributed by atoms with Crippen molar-refractivity contribution < 1.29 is 22.3 Å². The van der Waals surface area contributed by atoms with E-state index < -0.39 is 12.1 Å². The van der Waals surface area contributed by atoms with Gasteiger partial charge in [-0.15, -0.1) is 0 Å². The number of halogens is 4. The van der Waals surface area contributed by atoms with E-state index in [1.807, 2.05) is 20.9 Å². The van der Waals surface area contributed by atoms with Crippen LogP contribution in [0.5, 0.6) is 0 Å². The molecule has 0 saturated heterocycles. The number of ether oxygens (including phenoxy) is 1. The molecule has 1 saturated carbocycles. The predicted molar refractivity (Wildman–Crippen MR) is 101 cm³/mol. The maximum Gasteiger partial charge on any atom is 0.391 e. The van der Waals surface area contributed by atoms with Gasteiger partial charge in [0.1, 0.15) is 0 Å². The lowest BCUT2D eigenvalue weighted by Crippen LogP contribution is -2.24. The summed E-state index contributed by atoms with van der Waals surface area (Å²) in [6, 6.07) is 1.78. The van der Waals surface area contributed by atoms with E-state index in [4.69, 9.17) is 4.74 Å². The van der Waals surface area contributed by atoms with Gasteiger partial charge in [-0.2, -0.15) is 18.3 Å². The Labute approximate surface area is 163 Å². The fourth-order valence-corrected chi connectivity index (χ4v) is 2.68. The van der Waals surface area contributed by atoms with Crippen LogP contribution in [0.2, 0.25) is 0 Å². The highest BCUT2D eigenvalue weighted by Crippen LogP contribution is 2.37. The van der Waals surface area contributed by atoms with Crippen LogP contribution >= 0.6 is 0 Å². The van der Waals surface area contributed by atoms with Gasteiger partial charge in [0.25, 0.3) is 0 Å². The molecule has 0 radical (unpaired) electrons. The minimum Gasteiger partial charge on any atom is -0.380 e. The maximum atomic E-state index is 12.8. The number of likely N-dealkylation sites (N-methyl/N-ethyl adjacent to an activating group) is 1. The molecule has 0 amide bonds. The largest absolute Gasteiger partial charge is 0.391 e. The number of hydrogen-bond donors (Lipinski definition) is 1. The van der Waals surface area contributed by atoms with Gasteiger partial charge in [-0.1, -0.05) is 19.3 Å². The molecule has 2 aromatic rings. The number of alkyl halides is 3. The standard InChI is InChI=1S/C7H11F3.C7H6FN3.C5H13NO/c8-7(9,10)6-4-2-1-3-5-6;1-5-2-3-11-7(10-5)6(8)4-9-11;1-3-7-5-4-6-2/h6H,1-5H2;2-4H,1H3;6H,3-5H2,1-2H3. The molecular weight excluding hydrogens is 376 g/mol. The van der Waals surface area contributed by atoms with Crippen LogP contribution in [0, 0.1) is 18.7 Å². The van der Waals surface area contributed by atoms with Crippen molar-refractivity contribution in [1.82, 2.24) is 19.9 Å². The van der Waals surface area contributed by atoms with Crippen LogP contribution in [0.4, 0.5) is 17.6 Å². The number of aryl methyl sites for hydroxylation is 1. The molecule has 0 bridgehead atoms. The van der Waals surface area contributed by atoms with E-state index in [0.717, 1.165) is 50.9 Å². The van der Waals surface area contributed by atoms with Crippen molar-refractivity contribution in [3.05, 3.63) is 30.0 Å². The summed E-state index contributed by atoms with van der Waals surface area (Å²) in [6.45, 7) is 6.41. The smallest absolute Gasteiger partial charge is 0.380 e. The second-order valence-electron chi connectivity index (χ2n) is 6.51. The molecule has 9 heteroatoms. The Morgan fingerprint density at radius 2 is 1.93 bits per heavy atom. The molecule has 0 aliphatic heterocycles. The Morgan fingerprint density at radius 1 is 1.25 bits per heavy atom. The molecule has 2 heterocycles. The van der Waals surface area contributed by atoms with Crippen molar-refractivity contribution in [3.8, 4) is 0 Å². The summed E-state index contributed by atoms with van der Waals surface area (Å²) < 4.78 is 55.0. The van der Waals surface area contributed by atoms with Crippen LogP contribution in [0.1, 0.15) is 44.7 Å². The lowest BCUT2D eigenvalue weighted by molar-refractivity contribution is -0.181. The summed E-state index contributed by atoms with van der Waals surface area (Å²) in [6.07, 6.45) is 2.09. The van der Waals surface area contributed by atoms with Gasteiger partial charge in [0, 0.05) is 25.0 Å². The summed E-state index contributed by atoms with van der Waals surface area (Å²) in [5.41, 5.74) is 1.07. The normalized spacial score (nSPS) is 14.8. The first-order valence-corrected chi connectivity index (χ1v) is 9.55. The van der Waals surface area contributed by atoms with Gasteiger partial charge in [0.2, 0.25) is 0 Å². The monoisotopic (exact) mass is 406 g/mol. The molecular formula is C19H30F4N4O. The summed E-state index contributed by atoms with van der Waals surface area (Å²) in [5.74, 6) is -1.38. The number of aromatic nitrogens is 3. The zero-order valence-corrected chi connectivity index (χ0v) is 16.7. The molecule has 0 spiro atoms. The number of hydrogen-bond acceptors (Lipinski definition) is 4. The molecule has 2 aromatic heterocycles. The molecule has 160 valence electrons. The third kappa shape index (κ3) is 8.97. The highest BCUT2D eigenvalue weighted by Gasteiger charge is 2.39. The minimum atomic E-state index is -3.93. The van der Waals surface area contributed by atoms with Crippen molar-refractivity contribution in [1.29, 1.82) is 0 Å². The van der Waals surface area contributed by atoms with Crippen molar-refractivity contribution in [3.63, 3.8) is 0 Å². The lowest BCUT2D eigenvalue weighted by atomic mass is 9.89. The van der Waals surface area contributed by atoms with Gasteiger partial charge in [0.15, 0.2) is 11.5 Å². The molecule has 0 aromatic carbocycles. The van der Waals surface area contributed by atoms with Crippen LogP contribution in [0.3, 0.4) is 0 Å². The molecule has 28 heavy (non-hydrogen) atoms. The molecule has 0 unspecified atom stereocenters. The van der Waals surface area contributed by atoms with Gasteiger partial charge < -0.3 is 10.1 Å². The first-order chi connectivity index (χ1) is 13.3. The van der Waals surface area contributed by atoms with Gasteiger partial charge >= 0.3 is 6.18 Å². The van der Waals surface area contributed by atoms with Crippen LogP contribution in [-0.2, 0) is 4.74 Å². The van der Waals surface area contributed by atoms with E-state index in [1.54, 1.807) is 12.3 Å². The maximum absolute atomic E-state index is 12.8. The van der Waals surface area contributed by atoms with E-state index in [1.165, 1.54) is 4.52 Å². The molecule has 3 rings (SSSR count). The molecule has 1 aliphatic carbocycles. The zero-order chi connectivity index (χ0) is 21.0. The zero-order valence-electron chi connectivity index (χ0n) is 16.7. The van der Waals surface area contributed by atoms with Crippen LogP contribution in [0.15, 0.2) is 18.5 Å². The molecule has 5 nitrogen and oxygen atoms in total. The van der Waals surface area contributed by atoms with Crippen molar-refractivity contribution in [2.75, 3.05) is 26.8 Å². The fraction of sp³-hybridized carbons (Fsp3) is 0.684. The average Bonchev–Trinajstić information content (AvgIpc) is 3.04. The molecule has 1 fully saturated rings. The second kappa shape index (κ2) is 12.7. The van der Waals surface area contributed by atoms with Crippen molar-refractivity contribution in [2.45, 2.75) is 52.1 Å². The summed E-state index contributed by atoms with van der Waals surface area (Å²) in [5, 5.41) is 6.72. The Bertz CT molecular complexity index is 665. The van der Waals surface area contributed by atoms with Crippen LogP contribution < -0.4 is 5.32 Å². The Hall–Kier alpha value is -1.74. The van der Waals surface area contributed by atoms with Gasteiger partial charge in [0.05, 0.1) is 18.7 Å². The summed E-state index contributed by atoms with van der Waals surface area (Å²) >= 11 is 0. The highest BCUT2D eigenvalue weighted by molar-refractivity contribution is 5.38. The molecule has 1 aliphatic rings. The Balaban J connectivity index is 0.000000217. The number of rotatable bonds is 4. The minimum absolute atomic E-state index is 0.282. The molecule has 0 atom stereocenters.